The third-order valence-electron chi connectivity index (χ3n) is 6.28. The van der Waals surface area contributed by atoms with E-state index in [-0.39, 0.29) is 6.10 Å². The van der Waals surface area contributed by atoms with Gasteiger partial charge in [0.2, 0.25) is 11.1 Å². The van der Waals surface area contributed by atoms with Crippen LogP contribution in [-0.4, -0.2) is 26.8 Å². The molecule has 1 N–H and O–H groups in total. The molecule has 0 fully saturated rings. The summed E-state index contributed by atoms with van der Waals surface area (Å²) >= 11 is 17.5. The molecule has 1 unspecified atom stereocenters. The molecule has 1 aromatic heterocycles. The molecule has 41 heavy (non-hydrogen) atoms. The number of ether oxygens (including phenoxy) is 2. The molecule has 212 valence electrons. The molecular formula is C30H27BrCl2N4O3S. The summed E-state index contributed by atoms with van der Waals surface area (Å²) in [5.41, 5.74) is 3.73. The van der Waals surface area contributed by atoms with Gasteiger partial charge in [0.1, 0.15) is 18.4 Å². The van der Waals surface area contributed by atoms with E-state index < -0.39 is 12.0 Å². The molecule has 11 heteroatoms. The second-order valence-corrected chi connectivity index (χ2v) is 12.4. The third kappa shape index (κ3) is 6.92. The first-order valence-electron chi connectivity index (χ1n) is 12.9. The number of nitrogens with zero attached hydrogens (tertiary/aromatic N) is 3. The number of hydrogen-bond acceptors (Lipinski definition) is 7. The average molecular weight is 674 g/mol. The van der Waals surface area contributed by atoms with Gasteiger partial charge in [0.05, 0.1) is 11.7 Å². The summed E-state index contributed by atoms with van der Waals surface area (Å²) in [5, 5.41) is 9.98. The SMILES string of the molecule is CC1=C(C(=O)OC(C)C)C(c2cc(Br)ccc2OCc2ccc(Cl)cc2)n2nc(SCc3ccccc3Cl)nc2N1. The molecule has 0 radical (unpaired) electrons. The summed E-state index contributed by atoms with van der Waals surface area (Å²) in [4.78, 5) is 18.2. The number of thioether (sulfide) groups is 1. The Morgan fingerprint density at radius 2 is 1.88 bits per heavy atom. The van der Waals surface area contributed by atoms with Crippen molar-refractivity contribution in [3.8, 4) is 5.75 Å². The number of benzene rings is 3. The van der Waals surface area contributed by atoms with E-state index in [1.807, 2.05) is 87.5 Å². The molecule has 0 spiro atoms. The number of anilines is 1. The number of rotatable bonds is 9. The van der Waals surface area contributed by atoms with Crippen molar-refractivity contribution in [1.29, 1.82) is 0 Å². The van der Waals surface area contributed by atoms with Gasteiger partial charge in [0.15, 0.2) is 0 Å². The first kappa shape index (κ1) is 29.5. The second kappa shape index (κ2) is 12.9. The molecule has 1 aliphatic heterocycles. The number of carbonyl (C=O) groups excluding carboxylic acids is 1. The van der Waals surface area contributed by atoms with Crippen LogP contribution in [0.1, 0.15) is 43.5 Å². The highest BCUT2D eigenvalue weighted by Gasteiger charge is 2.37. The van der Waals surface area contributed by atoms with Gasteiger partial charge in [0, 0.05) is 31.5 Å². The molecular weight excluding hydrogens is 647 g/mol. The van der Waals surface area contributed by atoms with Crippen molar-refractivity contribution in [3.05, 3.63) is 109 Å². The summed E-state index contributed by atoms with van der Waals surface area (Å²) < 4.78 is 14.5. The molecule has 0 saturated carbocycles. The monoisotopic (exact) mass is 672 g/mol. The highest BCUT2D eigenvalue weighted by atomic mass is 79.9. The molecule has 2 heterocycles. The van der Waals surface area contributed by atoms with Crippen LogP contribution in [0.4, 0.5) is 5.95 Å². The fraction of sp³-hybridized carbons (Fsp3) is 0.233. The van der Waals surface area contributed by atoms with Crippen molar-refractivity contribution in [2.45, 2.75) is 50.4 Å². The maximum atomic E-state index is 13.5. The van der Waals surface area contributed by atoms with Crippen molar-refractivity contribution in [2.75, 3.05) is 5.32 Å². The Kier molecular flexibility index (Phi) is 9.28. The summed E-state index contributed by atoms with van der Waals surface area (Å²) in [5.74, 6) is 1.27. The molecule has 1 aliphatic rings. The lowest BCUT2D eigenvalue weighted by atomic mass is 9.95. The van der Waals surface area contributed by atoms with Crippen LogP contribution in [0.2, 0.25) is 10.0 Å². The van der Waals surface area contributed by atoms with Crippen LogP contribution in [0.5, 0.6) is 5.75 Å². The van der Waals surface area contributed by atoms with E-state index in [0.717, 1.165) is 21.2 Å². The fourth-order valence-electron chi connectivity index (χ4n) is 4.39. The van der Waals surface area contributed by atoms with Gasteiger partial charge in [-0.3, -0.25) is 0 Å². The number of nitrogens with one attached hydrogen (secondary N) is 1. The van der Waals surface area contributed by atoms with Crippen LogP contribution in [-0.2, 0) is 21.9 Å². The first-order valence-corrected chi connectivity index (χ1v) is 15.4. The minimum absolute atomic E-state index is 0.300. The lowest BCUT2D eigenvalue weighted by molar-refractivity contribution is -0.143. The highest BCUT2D eigenvalue weighted by Crippen LogP contribution is 2.42. The Bertz CT molecular complexity index is 1610. The van der Waals surface area contributed by atoms with E-state index in [1.165, 1.54) is 11.8 Å². The largest absolute Gasteiger partial charge is 0.489 e. The molecule has 1 atom stereocenters. The number of carbonyl (C=O) groups is 1. The van der Waals surface area contributed by atoms with Crippen LogP contribution in [0.15, 0.2) is 87.6 Å². The van der Waals surface area contributed by atoms with Crippen molar-refractivity contribution in [2.24, 2.45) is 0 Å². The minimum Gasteiger partial charge on any atom is -0.489 e. The lowest BCUT2D eigenvalue weighted by Gasteiger charge is -2.29. The highest BCUT2D eigenvalue weighted by molar-refractivity contribution is 9.10. The van der Waals surface area contributed by atoms with Gasteiger partial charge in [0.25, 0.3) is 0 Å². The van der Waals surface area contributed by atoms with Gasteiger partial charge in [-0.05, 0) is 68.3 Å². The Labute approximate surface area is 261 Å². The standard InChI is InChI=1S/C30H27BrCl2N4O3S/c1-17(2)40-28(38)26-18(3)34-29-35-30(41-16-20-6-4-5-7-24(20)33)36-37(29)27(26)23-14-21(31)10-13-25(23)39-15-19-8-11-22(32)12-9-19/h4-14,17,27H,15-16H2,1-3H3,(H,34,35,36). The van der Waals surface area contributed by atoms with Gasteiger partial charge in [-0.1, -0.05) is 81.2 Å². The average Bonchev–Trinajstić information content (AvgIpc) is 3.34. The zero-order valence-corrected chi connectivity index (χ0v) is 26.4. The van der Waals surface area contributed by atoms with Crippen LogP contribution in [0, 0.1) is 0 Å². The van der Waals surface area contributed by atoms with Crippen LogP contribution in [0.3, 0.4) is 0 Å². The van der Waals surface area contributed by atoms with Crippen LogP contribution in [0.25, 0.3) is 0 Å². The quantitative estimate of drug-likeness (QED) is 0.141. The molecule has 0 aliphatic carbocycles. The molecule has 0 bridgehead atoms. The number of halogens is 3. The van der Waals surface area contributed by atoms with E-state index in [1.54, 1.807) is 4.68 Å². The molecule has 7 nitrogen and oxygen atoms in total. The second-order valence-electron chi connectivity index (χ2n) is 9.66. The molecule has 0 saturated heterocycles. The lowest BCUT2D eigenvalue weighted by Crippen LogP contribution is -2.31. The number of allylic oxidation sites excluding steroid dienone is 1. The maximum Gasteiger partial charge on any atom is 0.338 e. The summed E-state index contributed by atoms with van der Waals surface area (Å²) in [7, 11) is 0. The smallest absolute Gasteiger partial charge is 0.338 e. The van der Waals surface area contributed by atoms with Gasteiger partial charge in [-0.25, -0.2) is 9.48 Å². The zero-order chi connectivity index (χ0) is 29.1. The van der Waals surface area contributed by atoms with Gasteiger partial charge < -0.3 is 14.8 Å². The number of aromatic nitrogens is 3. The van der Waals surface area contributed by atoms with Gasteiger partial charge in [-0.15, -0.1) is 5.10 Å². The topological polar surface area (TPSA) is 78.3 Å². The number of hydrogen-bond donors (Lipinski definition) is 1. The third-order valence-corrected chi connectivity index (χ3v) is 8.28. The molecule has 5 rings (SSSR count). The minimum atomic E-state index is -0.655. The Morgan fingerprint density at radius 1 is 1.12 bits per heavy atom. The van der Waals surface area contributed by atoms with E-state index in [4.69, 9.17) is 42.8 Å². The molecule has 4 aromatic rings. The van der Waals surface area contributed by atoms with Crippen molar-refractivity contribution in [1.82, 2.24) is 14.8 Å². The summed E-state index contributed by atoms with van der Waals surface area (Å²) in [6.07, 6.45) is -0.300. The van der Waals surface area contributed by atoms with E-state index in [2.05, 4.69) is 21.2 Å². The summed E-state index contributed by atoms with van der Waals surface area (Å²) in [6, 6.07) is 20.2. The molecule has 0 amide bonds. The first-order chi connectivity index (χ1) is 19.7. The predicted octanol–water partition coefficient (Wildman–Crippen LogP) is 8.46. The predicted molar refractivity (Wildman–Crippen MR) is 167 cm³/mol. The number of fused-ring (bicyclic) bond motifs is 1. The van der Waals surface area contributed by atoms with Gasteiger partial charge in [-0.2, -0.15) is 4.98 Å². The zero-order valence-electron chi connectivity index (χ0n) is 22.5. The van der Waals surface area contributed by atoms with Crippen LogP contribution < -0.4 is 10.1 Å². The van der Waals surface area contributed by atoms with Crippen LogP contribution >= 0.6 is 50.9 Å². The van der Waals surface area contributed by atoms with E-state index >= 15 is 0 Å². The molecule has 3 aromatic carbocycles. The maximum absolute atomic E-state index is 13.5. The van der Waals surface area contributed by atoms with Crippen molar-refractivity contribution in [3.63, 3.8) is 0 Å². The Morgan fingerprint density at radius 3 is 2.61 bits per heavy atom. The van der Waals surface area contributed by atoms with Gasteiger partial charge >= 0.3 is 5.97 Å². The van der Waals surface area contributed by atoms with Crippen molar-refractivity contribution < 1.29 is 14.3 Å². The van der Waals surface area contributed by atoms with E-state index in [0.29, 0.717) is 50.5 Å². The summed E-state index contributed by atoms with van der Waals surface area (Å²) in [6.45, 7) is 5.80. The fourth-order valence-corrected chi connectivity index (χ4v) is 6.01. The number of esters is 1. The normalized spacial score (nSPS) is 14.6. The van der Waals surface area contributed by atoms with E-state index in [9.17, 15) is 4.79 Å². The Balaban J connectivity index is 1.54. The Hall–Kier alpha value is -2.98. The van der Waals surface area contributed by atoms with Crippen molar-refractivity contribution >= 4 is 62.8 Å².